The predicted molar refractivity (Wildman–Crippen MR) is 136 cm³/mol. The van der Waals surface area contributed by atoms with Crippen molar-refractivity contribution in [1.82, 2.24) is 9.97 Å². The molecule has 36 heavy (non-hydrogen) atoms. The fourth-order valence-corrected chi connectivity index (χ4v) is 4.59. The molecule has 3 aromatic rings. The number of para-hydroxylation sites is 1. The summed E-state index contributed by atoms with van der Waals surface area (Å²) in [6.45, 7) is 5.70. The lowest BCUT2D eigenvalue weighted by Crippen LogP contribution is -2.33. The monoisotopic (exact) mass is 504 g/mol. The molecule has 0 aliphatic carbocycles. The maximum Gasteiger partial charge on any atom is 0.340 e. The van der Waals surface area contributed by atoms with Crippen molar-refractivity contribution in [1.29, 1.82) is 0 Å². The van der Waals surface area contributed by atoms with Gasteiger partial charge in [0.2, 0.25) is 0 Å². The summed E-state index contributed by atoms with van der Waals surface area (Å²) in [7, 11) is 0. The summed E-state index contributed by atoms with van der Waals surface area (Å²) < 4.78 is 5.26. The Labute approximate surface area is 212 Å². The number of amides is 2. The molecule has 0 unspecified atom stereocenters. The molecule has 0 fully saturated rings. The first-order chi connectivity index (χ1) is 17.3. The van der Waals surface area contributed by atoms with E-state index in [1.54, 1.807) is 30.3 Å². The largest absolute Gasteiger partial charge is 0.508 e. The summed E-state index contributed by atoms with van der Waals surface area (Å²) in [6.07, 6.45) is 0.631. The van der Waals surface area contributed by atoms with Crippen LogP contribution in [0.5, 0.6) is 5.75 Å². The number of aryl methyl sites for hydroxylation is 2. The van der Waals surface area contributed by atoms with Crippen molar-refractivity contribution < 1.29 is 24.2 Å². The Balaban J connectivity index is 1.78. The Kier molecular flexibility index (Phi) is 7.35. The van der Waals surface area contributed by atoms with Crippen molar-refractivity contribution in [3.8, 4) is 5.75 Å². The summed E-state index contributed by atoms with van der Waals surface area (Å²) in [4.78, 5) is 49.8. The van der Waals surface area contributed by atoms with Crippen molar-refractivity contribution in [3.63, 3.8) is 0 Å². The molecule has 0 saturated heterocycles. The lowest BCUT2D eigenvalue weighted by Gasteiger charge is -2.18. The average molecular weight is 505 g/mol. The molecule has 2 N–H and O–H groups in total. The first-order valence-corrected chi connectivity index (χ1v) is 12.1. The van der Waals surface area contributed by atoms with Crippen LogP contribution in [0.25, 0.3) is 0 Å². The number of hydrogen-bond donors (Lipinski definition) is 2. The second-order valence-electron chi connectivity index (χ2n) is 8.01. The van der Waals surface area contributed by atoms with E-state index in [1.807, 2.05) is 20.8 Å². The van der Waals surface area contributed by atoms with E-state index in [1.165, 1.54) is 24.3 Å². The molecular formula is C26H24N4O5S. The fraction of sp³-hybridized carbons (Fsp3) is 0.192. The molecule has 2 aromatic carbocycles. The Bertz CT molecular complexity index is 1370. The molecule has 9 nitrogen and oxygen atoms in total. The minimum atomic E-state index is -0.661. The van der Waals surface area contributed by atoms with Crippen molar-refractivity contribution in [2.75, 3.05) is 16.8 Å². The molecule has 2 amide bonds. The molecule has 0 radical (unpaired) electrons. The minimum Gasteiger partial charge on any atom is -0.508 e. The number of phenols is 1. The Morgan fingerprint density at radius 1 is 1.03 bits per heavy atom. The van der Waals surface area contributed by atoms with Gasteiger partial charge >= 0.3 is 5.97 Å². The highest BCUT2D eigenvalue weighted by atomic mass is 32.2. The first-order valence-electron chi connectivity index (χ1n) is 11.2. The number of imide groups is 1. The van der Waals surface area contributed by atoms with Gasteiger partial charge in [0.05, 0.1) is 17.9 Å². The van der Waals surface area contributed by atoms with Crippen LogP contribution < -0.4 is 10.2 Å². The van der Waals surface area contributed by atoms with Crippen LogP contribution in [-0.2, 0) is 14.3 Å². The van der Waals surface area contributed by atoms with E-state index < -0.39 is 17.8 Å². The van der Waals surface area contributed by atoms with Crippen molar-refractivity contribution in [2.24, 2.45) is 0 Å². The minimum absolute atomic E-state index is 0.00918. The molecule has 0 bridgehead atoms. The van der Waals surface area contributed by atoms with Crippen LogP contribution in [0.1, 0.15) is 35.1 Å². The van der Waals surface area contributed by atoms with Crippen LogP contribution in [0.2, 0.25) is 0 Å². The third kappa shape index (κ3) is 5.23. The number of hydrogen-bond acceptors (Lipinski definition) is 9. The molecule has 4 rings (SSSR count). The number of phenolic OH excluding ortho intramolecular Hbond substituents is 1. The number of esters is 1. The van der Waals surface area contributed by atoms with Gasteiger partial charge in [-0.15, -0.1) is 0 Å². The van der Waals surface area contributed by atoms with Gasteiger partial charge in [-0.25, -0.2) is 19.7 Å². The van der Waals surface area contributed by atoms with E-state index in [9.17, 15) is 19.5 Å². The van der Waals surface area contributed by atoms with Gasteiger partial charge in [-0.05, 0) is 62.4 Å². The fourth-order valence-electron chi connectivity index (χ4n) is 3.61. The predicted octanol–water partition coefficient (Wildman–Crippen LogP) is 4.36. The average Bonchev–Trinajstić information content (AvgIpc) is 3.05. The number of ether oxygens (including phenoxy) is 1. The van der Waals surface area contributed by atoms with Crippen molar-refractivity contribution in [2.45, 2.75) is 32.3 Å². The summed E-state index contributed by atoms with van der Waals surface area (Å²) in [5.41, 5.74) is 2.02. The van der Waals surface area contributed by atoms with Crippen LogP contribution in [-0.4, -0.2) is 39.5 Å². The molecule has 10 heteroatoms. The van der Waals surface area contributed by atoms with Gasteiger partial charge in [0, 0.05) is 23.1 Å². The van der Waals surface area contributed by atoms with Crippen molar-refractivity contribution in [3.05, 3.63) is 82.2 Å². The first kappa shape index (κ1) is 24.9. The summed E-state index contributed by atoms with van der Waals surface area (Å²) in [6, 6.07) is 14.3. The van der Waals surface area contributed by atoms with Crippen LogP contribution in [0.15, 0.2) is 70.4 Å². The maximum atomic E-state index is 13.7. The highest BCUT2D eigenvalue weighted by molar-refractivity contribution is 8.04. The number of anilines is 2. The highest BCUT2D eigenvalue weighted by Crippen LogP contribution is 2.38. The number of thioether (sulfide) groups is 1. The molecule has 184 valence electrons. The van der Waals surface area contributed by atoms with E-state index in [0.717, 1.165) is 16.7 Å². The van der Waals surface area contributed by atoms with E-state index >= 15 is 0 Å². The molecule has 0 saturated carbocycles. The van der Waals surface area contributed by atoms with E-state index in [0.29, 0.717) is 28.7 Å². The number of carbonyl (C=O) groups excluding carboxylic acids is 3. The normalized spacial score (nSPS) is 13.4. The van der Waals surface area contributed by atoms with E-state index in [4.69, 9.17) is 4.74 Å². The topological polar surface area (TPSA) is 122 Å². The van der Waals surface area contributed by atoms with Gasteiger partial charge in [-0.2, -0.15) is 0 Å². The van der Waals surface area contributed by atoms with Gasteiger partial charge < -0.3 is 15.2 Å². The molecule has 2 heterocycles. The summed E-state index contributed by atoms with van der Waals surface area (Å²) in [5, 5.41) is 13.1. The van der Waals surface area contributed by atoms with Gasteiger partial charge in [-0.3, -0.25) is 9.59 Å². The van der Waals surface area contributed by atoms with Gasteiger partial charge in [0.25, 0.3) is 11.8 Å². The number of rotatable bonds is 8. The number of aromatic nitrogens is 2. The van der Waals surface area contributed by atoms with Gasteiger partial charge in [0.15, 0.2) is 5.16 Å². The van der Waals surface area contributed by atoms with Crippen LogP contribution in [0.4, 0.5) is 11.4 Å². The quantitative estimate of drug-likeness (QED) is 0.262. The van der Waals surface area contributed by atoms with Crippen molar-refractivity contribution >= 4 is 40.9 Å². The standard InChI is InChI=1S/C26H24N4O5S/c1-4-12-35-25(34)19-10-5-6-11-20(19)30-23(32)21(29-17-8-7-9-18(31)14-17)22(24(30)33)36-26-27-15(2)13-16(3)28-26/h5-11,13-14,29,31H,4,12H2,1-3H3. The Morgan fingerprint density at radius 2 is 1.75 bits per heavy atom. The highest BCUT2D eigenvalue weighted by Gasteiger charge is 2.42. The van der Waals surface area contributed by atoms with Crippen LogP contribution >= 0.6 is 11.8 Å². The zero-order valence-corrected chi connectivity index (χ0v) is 20.8. The zero-order chi connectivity index (χ0) is 25.8. The summed E-state index contributed by atoms with van der Waals surface area (Å²) >= 11 is 0.954. The Morgan fingerprint density at radius 3 is 2.44 bits per heavy atom. The second-order valence-corrected chi connectivity index (χ2v) is 8.99. The second kappa shape index (κ2) is 10.6. The molecular weight excluding hydrogens is 480 g/mol. The van der Waals surface area contributed by atoms with Crippen LogP contribution in [0, 0.1) is 13.8 Å². The lowest BCUT2D eigenvalue weighted by molar-refractivity contribution is -0.120. The van der Waals surface area contributed by atoms with E-state index in [2.05, 4.69) is 15.3 Å². The number of carbonyl (C=O) groups is 3. The number of nitrogens with zero attached hydrogens (tertiary/aromatic N) is 3. The number of aromatic hydroxyl groups is 1. The number of nitrogens with one attached hydrogen (secondary N) is 1. The third-order valence-electron chi connectivity index (χ3n) is 5.11. The lowest BCUT2D eigenvalue weighted by atomic mass is 10.1. The third-order valence-corrected chi connectivity index (χ3v) is 6.06. The molecule has 1 aliphatic heterocycles. The SMILES string of the molecule is CCCOC(=O)c1ccccc1N1C(=O)C(Nc2cccc(O)c2)=C(Sc2nc(C)cc(C)n2)C1=O. The van der Waals surface area contributed by atoms with E-state index in [-0.39, 0.29) is 34.2 Å². The Hall–Kier alpha value is -4.18. The molecule has 1 aromatic heterocycles. The maximum absolute atomic E-state index is 13.7. The molecule has 0 atom stereocenters. The van der Waals surface area contributed by atoms with Gasteiger partial charge in [-0.1, -0.05) is 25.1 Å². The molecule has 0 spiro atoms. The number of benzene rings is 2. The van der Waals surface area contributed by atoms with Gasteiger partial charge in [0.1, 0.15) is 16.4 Å². The summed E-state index contributed by atoms with van der Waals surface area (Å²) in [5.74, 6) is -1.93. The smallest absolute Gasteiger partial charge is 0.340 e. The molecule has 1 aliphatic rings. The van der Waals surface area contributed by atoms with Crippen LogP contribution in [0.3, 0.4) is 0 Å². The zero-order valence-electron chi connectivity index (χ0n) is 19.9.